The third-order valence-corrected chi connectivity index (χ3v) is 4.17. The number of imide groups is 1. The molecule has 0 radical (unpaired) electrons. The van der Waals surface area contributed by atoms with Gasteiger partial charge in [-0.25, -0.2) is 4.79 Å². The number of amides is 5. The summed E-state index contributed by atoms with van der Waals surface area (Å²) in [4.78, 5) is 59.6. The van der Waals surface area contributed by atoms with Crippen molar-refractivity contribution in [3.05, 3.63) is 0 Å². The molecule has 0 atom stereocenters. The van der Waals surface area contributed by atoms with Gasteiger partial charge in [0.1, 0.15) is 12.1 Å². The number of carbonyl (C=O) groups is 5. The van der Waals surface area contributed by atoms with E-state index in [4.69, 9.17) is 4.74 Å². The molecule has 0 bridgehead atoms. The Morgan fingerprint density at radius 3 is 2.48 bits per heavy atom. The third-order valence-electron chi connectivity index (χ3n) is 4.17. The number of nitrogens with zero attached hydrogens (tertiary/aromatic N) is 1. The van der Waals surface area contributed by atoms with Crippen LogP contribution in [0.3, 0.4) is 0 Å². The van der Waals surface area contributed by atoms with Crippen molar-refractivity contribution in [3.63, 3.8) is 0 Å². The average molecular weight is 354 g/mol. The molecule has 2 fully saturated rings. The van der Waals surface area contributed by atoms with E-state index < -0.39 is 42.5 Å². The van der Waals surface area contributed by atoms with Crippen molar-refractivity contribution in [1.29, 1.82) is 0 Å². The first-order chi connectivity index (χ1) is 11.9. The van der Waals surface area contributed by atoms with Crippen LogP contribution in [-0.2, 0) is 23.9 Å². The Labute approximate surface area is 144 Å². The van der Waals surface area contributed by atoms with E-state index in [1.165, 1.54) is 0 Å². The largest absolute Gasteiger partial charge is 0.454 e. The Balaban J connectivity index is 1.75. The standard InChI is InChI=1S/C15H22N4O6/c1-2-16-10(20)7-17-11(21)9-25-12(22)8-19-13(23)15(18-14(19)24)5-3-4-6-15/h2-9H2,1H3,(H,16,20)(H,17,21)(H,18,24). The van der Waals surface area contributed by atoms with Crippen LogP contribution < -0.4 is 16.0 Å². The summed E-state index contributed by atoms with van der Waals surface area (Å²) >= 11 is 0. The van der Waals surface area contributed by atoms with Gasteiger partial charge in [0.05, 0.1) is 6.54 Å². The first kappa shape index (κ1) is 18.7. The van der Waals surface area contributed by atoms with Crippen LogP contribution in [0.4, 0.5) is 4.79 Å². The van der Waals surface area contributed by atoms with Crippen LogP contribution >= 0.6 is 0 Å². The Kier molecular flexibility index (Phi) is 5.94. The molecular weight excluding hydrogens is 332 g/mol. The number of hydrogen-bond acceptors (Lipinski definition) is 6. The maximum Gasteiger partial charge on any atom is 0.326 e. The molecule has 3 N–H and O–H groups in total. The molecule has 0 unspecified atom stereocenters. The van der Waals surface area contributed by atoms with Crippen molar-refractivity contribution in [1.82, 2.24) is 20.9 Å². The molecule has 2 rings (SSSR count). The van der Waals surface area contributed by atoms with Crippen molar-refractivity contribution >= 4 is 29.7 Å². The highest BCUT2D eigenvalue weighted by Gasteiger charge is 2.52. The lowest BCUT2D eigenvalue weighted by Gasteiger charge is -2.19. The van der Waals surface area contributed by atoms with Gasteiger partial charge in [0.2, 0.25) is 5.91 Å². The molecule has 5 amide bonds. The van der Waals surface area contributed by atoms with Gasteiger partial charge in [0, 0.05) is 6.54 Å². The zero-order valence-electron chi connectivity index (χ0n) is 14.1. The number of rotatable bonds is 7. The van der Waals surface area contributed by atoms with E-state index in [0.717, 1.165) is 17.7 Å². The molecule has 0 aromatic rings. The quantitative estimate of drug-likeness (QED) is 0.382. The molecule has 1 saturated carbocycles. The lowest BCUT2D eigenvalue weighted by molar-refractivity contribution is -0.151. The average Bonchev–Trinajstić information content (AvgIpc) is 3.12. The number of ether oxygens (including phenoxy) is 1. The fourth-order valence-corrected chi connectivity index (χ4v) is 2.95. The van der Waals surface area contributed by atoms with Crippen molar-refractivity contribution in [2.24, 2.45) is 0 Å². The van der Waals surface area contributed by atoms with Crippen LogP contribution in [0.5, 0.6) is 0 Å². The first-order valence-corrected chi connectivity index (χ1v) is 8.21. The molecule has 0 aromatic carbocycles. The van der Waals surface area contributed by atoms with Gasteiger partial charge in [0.15, 0.2) is 6.61 Å². The lowest BCUT2D eigenvalue weighted by atomic mass is 9.98. The number of urea groups is 1. The molecule has 1 aliphatic carbocycles. The highest BCUT2D eigenvalue weighted by Crippen LogP contribution is 2.34. The van der Waals surface area contributed by atoms with Gasteiger partial charge in [-0.2, -0.15) is 0 Å². The molecule has 10 heteroatoms. The first-order valence-electron chi connectivity index (χ1n) is 8.21. The predicted molar refractivity (Wildman–Crippen MR) is 84.1 cm³/mol. The summed E-state index contributed by atoms with van der Waals surface area (Å²) in [6.07, 6.45) is 2.81. The van der Waals surface area contributed by atoms with Gasteiger partial charge in [0.25, 0.3) is 11.8 Å². The molecule has 1 saturated heterocycles. The molecule has 10 nitrogen and oxygen atoms in total. The van der Waals surface area contributed by atoms with E-state index in [0.29, 0.717) is 19.4 Å². The van der Waals surface area contributed by atoms with Crippen molar-refractivity contribution in [2.45, 2.75) is 38.1 Å². The fraction of sp³-hybridized carbons (Fsp3) is 0.667. The molecule has 1 aliphatic heterocycles. The van der Waals surface area contributed by atoms with E-state index in [1.807, 2.05) is 0 Å². The molecule has 138 valence electrons. The second kappa shape index (κ2) is 7.95. The highest BCUT2D eigenvalue weighted by molar-refractivity contribution is 6.08. The lowest BCUT2D eigenvalue weighted by Crippen LogP contribution is -2.44. The second-order valence-corrected chi connectivity index (χ2v) is 6.00. The topological polar surface area (TPSA) is 134 Å². The minimum Gasteiger partial charge on any atom is -0.454 e. The van der Waals surface area contributed by atoms with E-state index in [2.05, 4.69) is 16.0 Å². The number of nitrogens with one attached hydrogen (secondary N) is 3. The van der Waals surface area contributed by atoms with Gasteiger partial charge >= 0.3 is 12.0 Å². The van der Waals surface area contributed by atoms with Crippen LogP contribution in [0.2, 0.25) is 0 Å². The summed E-state index contributed by atoms with van der Waals surface area (Å²) in [5.41, 5.74) is -0.888. The Morgan fingerprint density at radius 1 is 1.16 bits per heavy atom. The van der Waals surface area contributed by atoms with Crippen molar-refractivity contribution in [2.75, 3.05) is 26.2 Å². The monoisotopic (exact) mass is 354 g/mol. The van der Waals surface area contributed by atoms with Gasteiger partial charge in [-0.3, -0.25) is 24.1 Å². The Bertz CT molecular complexity index is 585. The molecule has 2 aliphatic rings. The molecule has 1 spiro atoms. The molecular formula is C15H22N4O6. The summed E-state index contributed by atoms with van der Waals surface area (Å²) in [6.45, 7) is 0.826. The summed E-state index contributed by atoms with van der Waals surface area (Å²) in [5, 5.41) is 7.43. The van der Waals surface area contributed by atoms with E-state index in [9.17, 15) is 24.0 Å². The van der Waals surface area contributed by atoms with Crippen molar-refractivity contribution < 1.29 is 28.7 Å². The minimum absolute atomic E-state index is 0.222. The maximum atomic E-state index is 12.4. The van der Waals surface area contributed by atoms with E-state index in [1.54, 1.807) is 6.92 Å². The number of hydrogen-bond donors (Lipinski definition) is 3. The summed E-state index contributed by atoms with van der Waals surface area (Å²) in [5.74, 6) is -2.30. The summed E-state index contributed by atoms with van der Waals surface area (Å²) in [7, 11) is 0. The SMILES string of the molecule is CCNC(=O)CNC(=O)COC(=O)CN1C(=O)NC2(CCCC2)C1=O. The van der Waals surface area contributed by atoms with Crippen LogP contribution in [0.15, 0.2) is 0 Å². The molecule has 0 aromatic heterocycles. The highest BCUT2D eigenvalue weighted by atomic mass is 16.5. The molecule has 1 heterocycles. The third kappa shape index (κ3) is 4.46. The Morgan fingerprint density at radius 2 is 1.84 bits per heavy atom. The maximum absolute atomic E-state index is 12.4. The van der Waals surface area contributed by atoms with Crippen LogP contribution in [0.1, 0.15) is 32.6 Å². The van der Waals surface area contributed by atoms with Crippen LogP contribution in [-0.4, -0.2) is 66.4 Å². The van der Waals surface area contributed by atoms with Gasteiger partial charge in [-0.1, -0.05) is 12.8 Å². The normalized spacial score (nSPS) is 18.2. The van der Waals surface area contributed by atoms with Gasteiger partial charge < -0.3 is 20.7 Å². The minimum atomic E-state index is -0.888. The predicted octanol–water partition coefficient (Wildman–Crippen LogP) is -1.35. The Hall–Kier alpha value is -2.65. The van der Waals surface area contributed by atoms with Crippen LogP contribution in [0.25, 0.3) is 0 Å². The smallest absolute Gasteiger partial charge is 0.326 e. The van der Waals surface area contributed by atoms with Crippen LogP contribution in [0, 0.1) is 0 Å². The van der Waals surface area contributed by atoms with Gasteiger partial charge in [-0.05, 0) is 19.8 Å². The summed E-state index contributed by atoms with van der Waals surface area (Å²) < 4.78 is 4.75. The van der Waals surface area contributed by atoms with Crippen molar-refractivity contribution in [3.8, 4) is 0 Å². The number of carbonyl (C=O) groups excluding carboxylic acids is 5. The fourth-order valence-electron chi connectivity index (χ4n) is 2.95. The summed E-state index contributed by atoms with van der Waals surface area (Å²) in [6, 6.07) is -0.621. The zero-order valence-corrected chi connectivity index (χ0v) is 14.1. The zero-order chi connectivity index (χ0) is 18.4. The molecule has 25 heavy (non-hydrogen) atoms. The van der Waals surface area contributed by atoms with E-state index in [-0.39, 0.29) is 12.5 Å². The number of esters is 1. The second-order valence-electron chi connectivity index (χ2n) is 6.00. The number of likely N-dealkylation sites (N-methyl/N-ethyl adjacent to an activating group) is 1. The van der Waals surface area contributed by atoms with E-state index >= 15 is 0 Å². The van der Waals surface area contributed by atoms with Gasteiger partial charge in [-0.15, -0.1) is 0 Å².